The summed E-state index contributed by atoms with van der Waals surface area (Å²) in [5, 5.41) is 0. The van der Waals surface area contributed by atoms with Crippen molar-refractivity contribution in [3.05, 3.63) is 0 Å². The highest BCUT2D eigenvalue weighted by molar-refractivity contribution is 5.67. The van der Waals surface area contributed by atoms with Gasteiger partial charge in [0, 0.05) is 13.1 Å². The Morgan fingerprint density at radius 1 is 1.43 bits per heavy atom. The maximum absolute atomic E-state index is 11.5. The molecular formula is C10H22N2O2. The van der Waals surface area contributed by atoms with E-state index >= 15 is 0 Å². The van der Waals surface area contributed by atoms with E-state index in [1.165, 1.54) is 0 Å². The van der Waals surface area contributed by atoms with Crippen LogP contribution in [0.3, 0.4) is 0 Å². The molecule has 0 aromatic carbocycles. The van der Waals surface area contributed by atoms with Crippen molar-refractivity contribution in [3.63, 3.8) is 0 Å². The van der Waals surface area contributed by atoms with Gasteiger partial charge in [0.15, 0.2) is 0 Å². The highest BCUT2D eigenvalue weighted by Gasteiger charge is 2.14. The molecular weight excluding hydrogens is 180 g/mol. The average molecular weight is 202 g/mol. The third-order valence-electron chi connectivity index (χ3n) is 1.72. The maximum atomic E-state index is 11.5. The molecule has 14 heavy (non-hydrogen) atoms. The molecule has 0 aliphatic heterocycles. The molecule has 1 amide bonds. The average Bonchev–Trinajstić information content (AvgIpc) is 2.10. The van der Waals surface area contributed by atoms with Gasteiger partial charge in [-0.15, -0.1) is 0 Å². The quantitative estimate of drug-likeness (QED) is 0.711. The molecule has 2 N–H and O–H groups in total. The molecule has 0 bridgehead atoms. The summed E-state index contributed by atoms with van der Waals surface area (Å²) in [5.41, 5.74) is 5.40. The number of ether oxygens (including phenoxy) is 1. The number of nitrogens with zero attached hydrogens (tertiary/aromatic N) is 1. The Morgan fingerprint density at radius 3 is 2.50 bits per heavy atom. The van der Waals surface area contributed by atoms with Crippen LogP contribution in [0.1, 0.15) is 33.6 Å². The maximum Gasteiger partial charge on any atom is 0.410 e. The summed E-state index contributed by atoms with van der Waals surface area (Å²) in [4.78, 5) is 13.2. The lowest BCUT2D eigenvalue weighted by molar-refractivity contribution is 0.0766. The first-order chi connectivity index (χ1) is 6.61. The van der Waals surface area contributed by atoms with Crippen LogP contribution in [0.15, 0.2) is 0 Å². The van der Waals surface area contributed by atoms with E-state index < -0.39 is 0 Å². The summed E-state index contributed by atoms with van der Waals surface area (Å²) in [6.45, 7) is 7.78. The molecule has 84 valence electrons. The number of hydrogen-bond acceptors (Lipinski definition) is 3. The Labute approximate surface area is 86.4 Å². The molecule has 0 atom stereocenters. The van der Waals surface area contributed by atoms with Gasteiger partial charge in [-0.25, -0.2) is 4.79 Å². The van der Waals surface area contributed by atoms with Crippen LogP contribution in [-0.4, -0.2) is 36.7 Å². The van der Waals surface area contributed by atoms with Crippen LogP contribution in [0, 0.1) is 0 Å². The van der Waals surface area contributed by atoms with Gasteiger partial charge in [0.25, 0.3) is 0 Å². The second-order valence-electron chi connectivity index (χ2n) is 3.56. The Balaban J connectivity index is 3.97. The van der Waals surface area contributed by atoms with Gasteiger partial charge in [0.1, 0.15) is 0 Å². The zero-order chi connectivity index (χ0) is 11.0. The van der Waals surface area contributed by atoms with Crippen molar-refractivity contribution < 1.29 is 9.53 Å². The summed E-state index contributed by atoms with van der Waals surface area (Å²) in [6, 6.07) is 0. The van der Waals surface area contributed by atoms with Crippen molar-refractivity contribution >= 4 is 6.09 Å². The summed E-state index contributed by atoms with van der Waals surface area (Å²) in [7, 11) is 0. The molecule has 0 radical (unpaired) electrons. The topological polar surface area (TPSA) is 55.6 Å². The van der Waals surface area contributed by atoms with Gasteiger partial charge in [0.05, 0.1) is 6.10 Å². The van der Waals surface area contributed by atoms with Crippen LogP contribution in [0.5, 0.6) is 0 Å². The number of nitrogens with two attached hydrogens (primary N) is 1. The predicted molar refractivity (Wildman–Crippen MR) is 57.2 cm³/mol. The van der Waals surface area contributed by atoms with Crippen LogP contribution in [-0.2, 0) is 4.74 Å². The lowest BCUT2D eigenvalue weighted by atomic mass is 10.3. The molecule has 4 heteroatoms. The van der Waals surface area contributed by atoms with E-state index in [2.05, 4.69) is 0 Å². The first-order valence-corrected chi connectivity index (χ1v) is 5.27. The Bertz CT molecular complexity index is 160. The van der Waals surface area contributed by atoms with E-state index in [-0.39, 0.29) is 12.2 Å². The van der Waals surface area contributed by atoms with E-state index in [1.54, 1.807) is 4.90 Å². The smallest absolute Gasteiger partial charge is 0.410 e. The molecule has 0 rings (SSSR count). The number of carbonyl (C=O) groups is 1. The predicted octanol–water partition coefficient (Wildman–Crippen LogP) is 1.59. The second-order valence-corrected chi connectivity index (χ2v) is 3.56. The number of hydrogen-bond donors (Lipinski definition) is 1. The summed E-state index contributed by atoms with van der Waals surface area (Å²) < 4.78 is 5.11. The second kappa shape index (κ2) is 7.62. The molecule has 0 aromatic heterocycles. The molecule has 4 nitrogen and oxygen atoms in total. The van der Waals surface area contributed by atoms with Gasteiger partial charge in [-0.1, -0.05) is 6.92 Å². The van der Waals surface area contributed by atoms with E-state index in [0.29, 0.717) is 13.1 Å². The van der Waals surface area contributed by atoms with Crippen molar-refractivity contribution in [3.8, 4) is 0 Å². The van der Waals surface area contributed by atoms with Gasteiger partial charge in [-0.3, -0.25) is 0 Å². The minimum atomic E-state index is -0.227. The lowest BCUT2D eigenvalue weighted by Gasteiger charge is -2.22. The van der Waals surface area contributed by atoms with Crippen molar-refractivity contribution in [2.75, 3.05) is 19.6 Å². The Kier molecular flexibility index (Phi) is 7.20. The largest absolute Gasteiger partial charge is 0.447 e. The van der Waals surface area contributed by atoms with Crippen molar-refractivity contribution in [2.45, 2.75) is 39.7 Å². The highest BCUT2D eigenvalue weighted by atomic mass is 16.6. The fraction of sp³-hybridized carbons (Fsp3) is 0.900. The van der Waals surface area contributed by atoms with E-state index in [9.17, 15) is 4.79 Å². The fourth-order valence-corrected chi connectivity index (χ4v) is 1.12. The lowest BCUT2D eigenvalue weighted by Crippen LogP contribution is -2.35. The zero-order valence-electron chi connectivity index (χ0n) is 9.45. The van der Waals surface area contributed by atoms with E-state index in [4.69, 9.17) is 10.5 Å². The normalized spacial score (nSPS) is 10.4. The van der Waals surface area contributed by atoms with Crippen molar-refractivity contribution in [1.82, 2.24) is 4.90 Å². The zero-order valence-corrected chi connectivity index (χ0v) is 9.45. The molecule has 0 saturated carbocycles. The number of amides is 1. The fourth-order valence-electron chi connectivity index (χ4n) is 1.12. The first-order valence-electron chi connectivity index (χ1n) is 5.27. The van der Waals surface area contributed by atoms with E-state index in [0.717, 1.165) is 19.4 Å². The van der Waals surface area contributed by atoms with Gasteiger partial charge in [0.2, 0.25) is 0 Å². The summed E-state index contributed by atoms with van der Waals surface area (Å²) in [5.74, 6) is 0. The van der Waals surface area contributed by atoms with Crippen LogP contribution in [0.4, 0.5) is 4.79 Å². The molecule has 0 heterocycles. The molecule has 0 aliphatic carbocycles. The molecule has 0 saturated heterocycles. The minimum absolute atomic E-state index is 0.0558. The molecule has 0 spiro atoms. The summed E-state index contributed by atoms with van der Waals surface area (Å²) >= 11 is 0. The third-order valence-corrected chi connectivity index (χ3v) is 1.72. The molecule has 0 aromatic rings. The van der Waals surface area contributed by atoms with Gasteiger partial charge >= 0.3 is 6.09 Å². The van der Waals surface area contributed by atoms with Crippen molar-refractivity contribution in [2.24, 2.45) is 5.73 Å². The number of carbonyl (C=O) groups excluding carboxylic acids is 1. The summed E-state index contributed by atoms with van der Waals surface area (Å²) in [6.07, 6.45) is 1.49. The van der Waals surface area contributed by atoms with Crippen LogP contribution < -0.4 is 5.73 Å². The van der Waals surface area contributed by atoms with Gasteiger partial charge in [-0.2, -0.15) is 0 Å². The van der Waals surface area contributed by atoms with Crippen molar-refractivity contribution in [1.29, 1.82) is 0 Å². The van der Waals surface area contributed by atoms with Crippen LogP contribution in [0.2, 0.25) is 0 Å². The minimum Gasteiger partial charge on any atom is -0.447 e. The number of rotatable bonds is 6. The van der Waals surface area contributed by atoms with Gasteiger partial charge < -0.3 is 15.4 Å². The van der Waals surface area contributed by atoms with Crippen LogP contribution >= 0.6 is 0 Å². The van der Waals surface area contributed by atoms with E-state index in [1.807, 2.05) is 20.8 Å². The first kappa shape index (κ1) is 13.2. The SMILES string of the molecule is CCCN(CCCN)C(=O)OC(C)C. The molecule has 0 fully saturated rings. The highest BCUT2D eigenvalue weighted by Crippen LogP contribution is 2.00. The third kappa shape index (κ3) is 5.80. The molecule has 0 unspecified atom stereocenters. The monoisotopic (exact) mass is 202 g/mol. The van der Waals surface area contributed by atoms with Gasteiger partial charge in [-0.05, 0) is 33.2 Å². The Morgan fingerprint density at radius 2 is 2.07 bits per heavy atom. The Hall–Kier alpha value is -0.770. The van der Waals surface area contributed by atoms with Crippen LogP contribution in [0.25, 0.3) is 0 Å². The molecule has 0 aliphatic rings. The standard InChI is InChI=1S/C10H22N2O2/c1-4-7-12(8-5-6-11)10(13)14-9(2)3/h9H,4-8,11H2,1-3H3.